The van der Waals surface area contributed by atoms with Crippen molar-refractivity contribution < 1.29 is 31.8 Å². The first kappa shape index (κ1) is 23.4. The van der Waals surface area contributed by atoms with Crippen LogP contribution in [0.3, 0.4) is 0 Å². The van der Waals surface area contributed by atoms with E-state index in [1.165, 1.54) is 38.5 Å². The van der Waals surface area contributed by atoms with Gasteiger partial charge >= 0.3 is 12.6 Å². The molecule has 1 aromatic rings. The van der Waals surface area contributed by atoms with Gasteiger partial charge in [-0.3, -0.25) is 4.79 Å². The number of carbonyl (C=O) groups excluding carboxylic acids is 1. The molecule has 1 aromatic carbocycles. The van der Waals surface area contributed by atoms with E-state index in [0.717, 1.165) is 36.5 Å². The smallest absolute Gasteiger partial charge is 0.387 e. The average molecular weight is 457 g/mol. The minimum absolute atomic E-state index is 0.304. The minimum Gasteiger partial charge on any atom is -0.429 e. The fourth-order valence-corrected chi connectivity index (χ4v) is 6.41. The molecule has 4 unspecified atom stereocenters. The van der Waals surface area contributed by atoms with Gasteiger partial charge in [-0.2, -0.15) is 8.78 Å². The Hall–Kier alpha value is -1.79. The summed E-state index contributed by atoms with van der Waals surface area (Å²) in [5.41, 5.74) is 0. The minimum atomic E-state index is -3.35. The van der Waals surface area contributed by atoms with Gasteiger partial charge in [0.15, 0.2) is 17.4 Å². The third kappa shape index (κ3) is 5.40. The van der Waals surface area contributed by atoms with Crippen molar-refractivity contribution in [1.29, 1.82) is 0 Å². The highest BCUT2D eigenvalue weighted by molar-refractivity contribution is 5.75. The number of fused-ring (bicyclic) bond motifs is 1. The van der Waals surface area contributed by atoms with Crippen molar-refractivity contribution >= 4 is 5.97 Å². The van der Waals surface area contributed by atoms with Crippen LogP contribution in [0.25, 0.3) is 0 Å². The molecule has 32 heavy (non-hydrogen) atoms. The molecule has 0 aliphatic heterocycles. The SMILES string of the molecule is CC1CCC2CC(C3CCC(C(=O)Oc4cc(F)c(OC(F)F)c(F)c4)CC3)CCC2C1. The Morgan fingerprint density at radius 2 is 1.38 bits per heavy atom. The summed E-state index contributed by atoms with van der Waals surface area (Å²) in [6, 6.07) is 1.40. The number of halogens is 4. The molecule has 3 aliphatic rings. The molecule has 0 saturated heterocycles. The van der Waals surface area contributed by atoms with Gasteiger partial charge < -0.3 is 9.47 Å². The Morgan fingerprint density at radius 1 is 0.844 bits per heavy atom. The normalized spacial score (nSPS) is 32.9. The molecular formula is C25H32F4O3. The van der Waals surface area contributed by atoms with Gasteiger partial charge in [-0.25, -0.2) is 8.78 Å². The summed E-state index contributed by atoms with van der Waals surface area (Å²) in [5, 5.41) is 0. The monoisotopic (exact) mass is 456 g/mol. The van der Waals surface area contributed by atoms with E-state index in [2.05, 4.69) is 11.7 Å². The predicted octanol–water partition coefficient (Wildman–Crippen LogP) is 7.13. The molecule has 0 N–H and O–H groups in total. The number of carbonyl (C=O) groups is 1. The van der Waals surface area contributed by atoms with Gasteiger partial charge in [0.05, 0.1) is 5.92 Å². The van der Waals surface area contributed by atoms with Gasteiger partial charge in [-0.15, -0.1) is 0 Å². The molecule has 3 aliphatic carbocycles. The van der Waals surface area contributed by atoms with Crippen molar-refractivity contribution in [3.05, 3.63) is 23.8 Å². The molecule has 0 heterocycles. The number of alkyl halides is 2. The maximum absolute atomic E-state index is 13.9. The fraction of sp³-hybridized carbons (Fsp3) is 0.720. The largest absolute Gasteiger partial charge is 0.429 e. The van der Waals surface area contributed by atoms with E-state index in [1.807, 2.05) is 0 Å². The zero-order valence-corrected chi connectivity index (χ0v) is 18.5. The van der Waals surface area contributed by atoms with Crippen molar-refractivity contribution in [2.45, 2.75) is 77.7 Å². The molecule has 3 fully saturated rings. The number of hydrogen-bond acceptors (Lipinski definition) is 3. The van der Waals surface area contributed by atoms with E-state index in [4.69, 9.17) is 4.74 Å². The average Bonchev–Trinajstić information content (AvgIpc) is 2.76. The van der Waals surface area contributed by atoms with Crippen LogP contribution in [0.5, 0.6) is 11.5 Å². The lowest BCUT2D eigenvalue weighted by Gasteiger charge is -2.44. The Bertz CT molecular complexity index is 783. The first-order valence-electron chi connectivity index (χ1n) is 12.0. The molecule has 4 atom stereocenters. The van der Waals surface area contributed by atoms with Crippen LogP contribution in [0.4, 0.5) is 17.6 Å². The third-order valence-corrected chi connectivity index (χ3v) is 8.08. The Morgan fingerprint density at radius 3 is 2.00 bits per heavy atom. The number of benzene rings is 1. The summed E-state index contributed by atoms with van der Waals surface area (Å²) in [6.45, 7) is -0.976. The lowest BCUT2D eigenvalue weighted by Crippen LogP contribution is -2.35. The highest BCUT2D eigenvalue weighted by atomic mass is 19.3. The van der Waals surface area contributed by atoms with E-state index in [0.29, 0.717) is 30.9 Å². The lowest BCUT2D eigenvalue weighted by molar-refractivity contribution is -0.140. The van der Waals surface area contributed by atoms with Gasteiger partial charge in [0, 0.05) is 12.1 Å². The van der Waals surface area contributed by atoms with E-state index >= 15 is 0 Å². The van der Waals surface area contributed by atoms with E-state index < -0.39 is 30.0 Å². The molecule has 0 amide bonds. The van der Waals surface area contributed by atoms with Gasteiger partial charge in [0.1, 0.15) is 5.75 Å². The molecular weight excluding hydrogens is 424 g/mol. The number of esters is 1. The van der Waals surface area contributed by atoms with Gasteiger partial charge in [-0.05, 0) is 87.4 Å². The molecule has 0 spiro atoms. The quantitative estimate of drug-likeness (QED) is 0.269. The first-order chi connectivity index (χ1) is 15.3. The van der Waals surface area contributed by atoms with Crippen LogP contribution < -0.4 is 9.47 Å². The molecule has 0 radical (unpaired) electrons. The fourth-order valence-electron chi connectivity index (χ4n) is 6.41. The predicted molar refractivity (Wildman–Crippen MR) is 111 cm³/mol. The van der Waals surface area contributed by atoms with Gasteiger partial charge in [0.2, 0.25) is 0 Å². The van der Waals surface area contributed by atoms with Crippen LogP contribution in [0.1, 0.15) is 71.1 Å². The Kier molecular flexibility index (Phi) is 7.30. The van der Waals surface area contributed by atoms with Crippen LogP contribution >= 0.6 is 0 Å². The van der Waals surface area contributed by atoms with Crippen LogP contribution in [0.2, 0.25) is 0 Å². The first-order valence-corrected chi connectivity index (χ1v) is 12.0. The molecule has 4 rings (SSSR count). The molecule has 178 valence electrons. The molecule has 3 nitrogen and oxygen atoms in total. The second kappa shape index (κ2) is 10.0. The highest BCUT2D eigenvalue weighted by Gasteiger charge is 2.39. The zero-order chi connectivity index (χ0) is 22.8. The van der Waals surface area contributed by atoms with Crippen LogP contribution in [0.15, 0.2) is 12.1 Å². The number of ether oxygens (including phenoxy) is 2. The van der Waals surface area contributed by atoms with Crippen LogP contribution in [-0.4, -0.2) is 12.6 Å². The van der Waals surface area contributed by atoms with Gasteiger partial charge in [-0.1, -0.05) is 13.3 Å². The van der Waals surface area contributed by atoms with Crippen molar-refractivity contribution in [2.24, 2.45) is 35.5 Å². The van der Waals surface area contributed by atoms with E-state index in [-0.39, 0.29) is 11.7 Å². The summed E-state index contributed by atoms with van der Waals surface area (Å²) in [6.07, 6.45) is 11.4. The zero-order valence-electron chi connectivity index (χ0n) is 18.5. The van der Waals surface area contributed by atoms with Crippen molar-refractivity contribution in [3.8, 4) is 11.5 Å². The summed E-state index contributed by atoms with van der Waals surface area (Å²) in [4.78, 5) is 12.5. The number of rotatable bonds is 5. The molecule has 3 saturated carbocycles. The lowest BCUT2D eigenvalue weighted by atomic mass is 9.61. The van der Waals surface area contributed by atoms with Crippen molar-refractivity contribution in [3.63, 3.8) is 0 Å². The number of hydrogen-bond donors (Lipinski definition) is 0. The van der Waals surface area contributed by atoms with Crippen LogP contribution in [-0.2, 0) is 4.79 Å². The molecule has 0 bridgehead atoms. The molecule has 7 heteroatoms. The second-order valence-electron chi connectivity index (χ2n) is 10.1. The van der Waals surface area contributed by atoms with Crippen LogP contribution in [0, 0.1) is 47.1 Å². The summed E-state index contributed by atoms with van der Waals surface area (Å²) in [5.74, 6) is -0.975. The topological polar surface area (TPSA) is 35.5 Å². The van der Waals surface area contributed by atoms with E-state index in [9.17, 15) is 22.4 Å². The van der Waals surface area contributed by atoms with Crippen molar-refractivity contribution in [1.82, 2.24) is 0 Å². The highest BCUT2D eigenvalue weighted by Crippen LogP contribution is 2.49. The Labute approximate surface area is 186 Å². The third-order valence-electron chi connectivity index (χ3n) is 8.08. The standard InChI is InChI=1S/C25H32F4O3/c1-14-2-3-19-11-18(9-8-17(19)10-14)15-4-6-16(7-5-15)24(30)31-20-12-21(26)23(22(27)13-20)32-25(28)29/h12-19,25H,2-11H2,1H3. The summed E-state index contributed by atoms with van der Waals surface area (Å²) in [7, 11) is 0. The van der Waals surface area contributed by atoms with Gasteiger partial charge in [0.25, 0.3) is 0 Å². The maximum atomic E-state index is 13.9. The van der Waals surface area contributed by atoms with E-state index in [1.54, 1.807) is 0 Å². The summed E-state index contributed by atoms with van der Waals surface area (Å²) < 4.78 is 61.3. The summed E-state index contributed by atoms with van der Waals surface area (Å²) >= 11 is 0. The molecule has 0 aromatic heterocycles. The second-order valence-corrected chi connectivity index (χ2v) is 10.1. The maximum Gasteiger partial charge on any atom is 0.387 e. The Balaban J connectivity index is 1.28. The van der Waals surface area contributed by atoms with Crippen molar-refractivity contribution in [2.75, 3.05) is 0 Å².